The molecule has 3 aromatic rings. The Bertz CT molecular complexity index is 961. The van der Waals surface area contributed by atoms with Crippen LogP contribution in [-0.4, -0.2) is 11.5 Å². The van der Waals surface area contributed by atoms with Crippen LogP contribution in [0, 0.1) is 0 Å². The first-order chi connectivity index (χ1) is 11.9. The zero-order chi connectivity index (χ0) is 17.6. The van der Waals surface area contributed by atoms with Crippen molar-refractivity contribution in [1.29, 1.82) is 0 Å². The van der Waals surface area contributed by atoms with Crippen molar-refractivity contribution in [1.82, 2.24) is 0 Å². The van der Waals surface area contributed by atoms with Gasteiger partial charge in [-0.15, -0.1) is 13.2 Å². The van der Waals surface area contributed by atoms with Crippen molar-refractivity contribution in [3.63, 3.8) is 0 Å². The Morgan fingerprint density at radius 1 is 0.840 bits per heavy atom. The second-order valence-corrected chi connectivity index (χ2v) is 5.90. The molecule has 0 bridgehead atoms. The van der Waals surface area contributed by atoms with Crippen molar-refractivity contribution in [2.45, 2.75) is 12.8 Å². The molecular formula is C20H13F3O2. The molecule has 2 nitrogen and oxygen atoms in total. The summed E-state index contributed by atoms with van der Waals surface area (Å²) in [6.07, 6.45) is -4.14. The van der Waals surface area contributed by atoms with Gasteiger partial charge in [0.2, 0.25) is 0 Å². The minimum atomic E-state index is -4.86. The summed E-state index contributed by atoms with van der Waals surface area (Å²) in [5.41, 5.74) is 5.88. The van der Waals surface area contributed by atoms with E-state index in [2.05, 4.69) is 4.74 Å². The molecule has 0 radical (unpaired) electrons. The summed E-state index contributed by atoms with van der Waals surface area (Å²) in [5.74, 6) is -1.14. The highest BCUT2D eigenvalue weighted by Gasteiger charge is 2.32. The van der Waals surface area contributed by atoms with Gasteiger partial charge in [-0.05, 0) is 51.9 Å². The first-order valence-electron chi connectivity index (χ1n) is 7.72. The lowest BCUT2D eigenvalue weighted by Gasteiger charge is -2.13. The van der Waals surface area contributed by atoms with Crippen LogP contribution in [0.15, 0.2) is 60.7 Å². The number of rotatable bonds is 2. The van der Waals surface area contributed by atoms with Gasteiger partial charge in [-0.25, -0.2) is 0 Å². The Kier molecular flexibility index (Phi) is 3.46. The molecular weight excluding hydrogens is 329 g/mol. The van der Waals surface area contributed by atoms with Crippen LogP contribution in [0.3, 0.4) is 0 Å². The number of hydrogen-bond acceptors (Lipinski definition) is 2. The van der Waals surface area contributed by atoms with Crippen LogP contribution in [-0.2, 0) is 6.42 Å². The average Bonchev–Trinajstić information content (AvgIpc) is 2.94. The third-order valence-electron chi connectivity index (χ3n) is 4.35. The van der Waals surface area contributed by atoms with Gasteiger partial charge in [0.25, 0.3) is 0 Å². The normalized spacial score (nSPS) is 12.6. The molecule has 0 spiro atoms. The van der Waals surface area contributed by atoms with E-state index in [-0.39, 0.29) is 0 Å². The smallest absolute Gasteiger partial charge is 0.504 e. The zero-order valence-corrected chi connectivity index (χ0v) is 13.0. The number of aromatic hydroxyl groups is 1. The van der Waals surface area contributed by atoms with Crippen molar-refractivity contribution in [2.24, 2.45) is 0 Å². The molecule has 0 aliphatic heterocycles. The van der Waals surface area contributed by atoms with Crippen LogP contribution in [0.2, 0.25) is 0 Å². The van der Waals surface area contributed by atoms with Crippen molar-refractivity contribution >= 4 is 0 Å². The first kappa shape index (κ1) is 15.6. The summed E-state index contributed by atoms with van der Waals surface area (Å²) >= 11 is 0. The van der Waals surface area contributed by atoms with Gasteiger partial charge in [0.15, 0.2) is 11.5 Å². The van der Waals surface area contributed by atoms with Crippen LogP contribution >= 0.6 is 0 Å². The molecule has 1 aliphatic carbocycles. The molecule has 0 saturated carbocycles. The zero-order valence-electron chi connectivity index (χ0n) is 13.0. The number of hydrogen-bond donors (Lipinski definition) is 1. The fourth-order valence-electron chi connectivity index (χ4n) is 3.32. The van der Waals surface area contributed by atoms with Gasteiger partial charge in [-0.2, -0.15) is 0 Å². The second-order valence-electron chi connectivity index (χ2n) is 5.90. The Morgan fingerprint density at radius 2 is 1.56 bits per heavy atom. The number of phenols is 1. The SMILES string of the molecule is Oc1ccc(-c2cccc3c2Cc2ccccc2-3)cc1OC(F)(F)F. The van der Waals surface area contributed by atoms with Crippen LogP contribution in [0.5, 0.6) is 11.5 Å². The molecule has 0 aromatic heterocycles. The molecule has 0 amide bonds. The number of benzene rings is 3. The van der Waals surface area contributed by atoms with E-state index in [0.717, 1.165) is 28.7 Å². The van der Waals surface area contributed by atoms with Crippen LogP contribution in [0.1, 0.15) is 11.1 Å². The Labute approximate surface area is 142 Å². The van der Waals surface area contributed by atoms with E-state index in [0.29, 0.717) is 5.56 Å². The van der Waals surface area contributed by atoms with Crippen molar-refractivity contribution in [3.8, 4) is 33.8 Å². The Hall–Kier alpha value is -2.95. The summed E-state index contributed by atoms with van der Waals surface area (Å²) < 4.78 is 41.5. The maximum atomic E-state index is 12.5. The topological polar surface area (TPSA) is 29.5 Å². The van der Waals surface area contributed by atoms with E-state index in [4.69, 9.17) is 0 Å². The number of halogens is 3. The summed E-state index contributed by atoms with van der Waals surface area (Å²) in [6, 6.07) is 17.8. The third kappa shape index (κ3) is 2.82. The minimum absolute atomic E-state index is 0.545. The van der Waals surface area contributed by atoms with Gasteiger partial charge in [-0.3, -0.25) is 0 Å². The molecule has 0 fully saturated rings. The number of fused-ring (bicyclic) bond motifs is 3. The number of ether oxygens (including phenoxy) is 1. The lowest BCUT2D eigenvalue weighted by molar-refractivity contribution is -0.275. The molecule has 3 aromatic carbocycles. The summed E-state index contributed by atoms with van der Waals surface area (Å²) in [7, 11) is 0. The van der Waals surface area contributed by atoms with Gasteiger partial charge in [-0.1, -0.05) is 48.5 Å². The Morgan fingerprint density at radius 3 is 2.36 bits per heavy atom. The Balaban J connectivity index is 1.81. The molecule has 5 heteroatoms. The fourth-order valence-corrected chi connectivity index (χ4v) is 3.32. The summed E-state index contributed by atoms with van der Waals surface area (Å²) in [5, 5.41) is 9.66. The summed E-state index contributed by atoms with van der Waals surface area (Å²) in [4.78, 5) is 0. The first-order valence-corrected chi connectivity index (χ1v) is 7.72. The van der Waals surface area contributed by atoms with Gasteiger partial charge in [0.1, 0.15) is 0 Å². The predicted octanol–water partition coefficient (Wildman–Crippen LogP) is 5.53. The highest BCUT2D eigenvalue weighted by molar-refractivity contribution is 5.85. The maximum Gasteiger partial charge on any atom is 0.573 e. The van der Waals surface area contributed by atoms with Gasteiger partial charge in [0.05, 0.1) is 0 Å². The minimum Gasteiger partial charge on any atom is -0.504 e. The van der Waals surface area contributed by atoms with Crippen LogP contribution in [0.4, 0.5) is 13.2 Å². The van der Waals surface area contributed by atoms with E-state index >= 15 is 0 Å². The van der Waals surface area contributed by atoms with Gasteiger partial charge >= 0.3 is 6.36 Å². The largest absolute Gasteiger partial charge is 0.573 e. The maximum absolute atomic E-state index is 12.5. The van der Waals surface area contributed by atoms with Crippen molar-refractivity contribution in [3.05, 3.63) is 71.8 Å². The standard InChI is InChI=1S/C20H13F3O2/c21-20(22,23)25-19-11-13(8-9-18(19)24)15-6-3-7-16-14-5-2-1-4-12(14)10-17(15)16/h1-9,11,24H,10H2. The lowest BCUT2D eigenvalue weighted by atomic mass is 9.95. The third-order valence-corrected chi connectivity index (χ3v) is 4.35. The molecule has 1 aliphatic rings. The van der Waals surface area contributed by atoms with E-state index in [1.54, 1.807) is 6.07 Å². The molecule has 0 atom stereocenters. The monoisotopic (exact) mass is 342 g/mol. The summed E-state index contributed by atoms with van der Waals surface area (Å²) in [6.45, 7) is 0. The van der Waals surface area contributed by atoms with Gasteiger partial charge in [0, 0.05) is 0 Å². The average molecular weight is 342 g/mol. The van der Waals surface area contributed by atoms with E-state index < -0.39 is 17.9 Å². The van der Waals surface area contributed by atoms with E-state index in [1.165, 1.54) is 17.7 Å². The molecule has 4 rings (SSSR count). The van der Waals surface area contributed by atoms with Crippen LogP contribution < -0.4 is 4.74 Å². The number of alkyl halides is 3. The van der Waals surface area contributed by atoms with Gasteiger partial charge < -0.3 is 9.84 Å². The van der Waals surface area contributed by atoms with Crippen LogP contribution in [0.25, 0.3) is 22.3 Å². The predicted molar refractivity (Wildman–Crippen MR) is 88.5 cm³/mol. The lowest BCUT2D eigenvalue weighted by Crippen LogP contribution is -2.17. The quantitative estimate of drug-likeness (QED) is 0.519. The molecule has 0 saturated heterocycles. The van der Waals surface area contributed by atoms with E-state index in [9.17, 15) is 18.3 Å². The highest BCUT2D eigenvalue weighted by atomic mass is 19.4. The second kappa shape index (κ2) is 5.55. The molecule has 1 N–H and O–H groups in total. The van der Waals surface area contributed by atoms with Crippen molar-refractivity contribution in [2.75, 3.05) is 0 Å². The molecule has 0 heterocycles. The van der Waals surface area contributed by atoms with E-state index in [1.807, 2.05) is 42.5 Å². The molecule has 25 heavy (non-hydrogen) atoms. The van der Waals surface area contributed by atoms with Crippen molar-refractivity contribution < 1.29 is 23.0 Å². The fraction of sp³-hybridized carbons (Fsp3) is 0.100. The molecule has 126 valence electrons. The molecule has 0 unspecified atom stereocenters. The highest BCUT2D eigenvalue weighted by Crippen LogP contribution is 2.43. The number of phenolic OH excluding ortho intramolecular Hbond substituents is 1.